The Labute approximate surface area is 181 Å². The fourth-order valence-electron chi connectivity index (χ4n) is 2.74. The molecule has 0 fully saturated rings. The van der Waals surface area contributed by atoms with E-state index in [0.717, 1.165) is 5.56 Å². The average molecular weight is 426 g/mol. The number of methoxy groups -OCH3 is 1. The van der Waals surface area contributed by atoms with E-state index in [0.29, 0.717) is 29.1 Å². The molecule has 2 atom stereocenters. The predicted molar refractivity (Wildman–Crippen MR) is 116 cm³/mol. The van der Waals surface area contributed by atoms with Crippen LogP contribution in [0.3, 0.4) is 0 Å². The summed E-state index contributed by atoms with van der Waals surface area (Å²) in [5.41, 5.74) is 2.12. The number of rotatable bonds is 8. The van der Waals surface area contributed by atoms with Crippen LogP contribution in [0.15, 0.2) is 42.5 Å². The largest absolute Gasteiger partial charge is 0.495 e. The van der Waals surface area contributed by atoms with E-state index in [9.17, 15) is 9.59 Å². The highest BCUT2D eigenvalue weighted by Gasteiger charge is 2.15. The summed E-state index contributed by atoms with van der Waals surface area (Å²) in [4.78, 5) is 24.3. The molecule has 3 amide bonds. The molecule has 2 aromatic carbocycles. The molecule has 0 unspecified atom stereocenters. The van der Waals surface area contributed by atoms with Gasteiger partial charge in [-0.05, 0) is 43.2 Å². The normalized spacial score (nSPS) is 12.1. The van der Waals surface area contributed by atoms with Crippen molar-refractivity contribution in [3.63, 3.8) is 0 Å². The number of hydrogen-bond acceptors (Lipinski definition) is 6. The molecule has 0 saturated heterocycles. The SMILES string of the molecule is CC[C@@H](CO)OC(=O)N[C@H](C)c1cccc(NC(=O)Nc2ccc(C#N)c(OC)c2)c1. The molecular weight excluding hydrogens is 400 g/mol. The highest BCUT2D eigenvalue weighted by atomic mass is 16.6. The summed E-state index contributed by atoms with van der Waals surface area (Å²) in [6, 6.07) is 12.9. The summed E-state index contributed by atoms with van der Waals surface area (Å²) in [6.07, 6.45) is -0.665. The van der Waals surface area contributed by atoms with Crippen molar-refractivity contribution in [3.05, 3.63) is 53.6 Å². The Hall–Kier alpha value is -3.77. The van der Waals surface area contributed by atoms with E-state index < -0.39 is 18.2 Å². The zero-order valence-electron chi connectivity index (χ0n) is 17.6. The number of nitriles is 1. The van der Waals surface area contributed by atoms with Gasteiger partial charge in [-0.15, -0.1) is 0 Å². The Balaban J connectivity index is 1.99. The van der Waals surface area contributed by atoms with Crippen LogP contribution in [0.1, 0.15) is 37.4 Å². The number of amides is 3. The smallest absolute Gasteiger partial charge is 0.407 e. The number of ether oxygens (including phenoxy) is 2. The van der Waals surface area contributed by atoms with E-state index in [1.165, 1.54) is 7.11 Å². The molecule has 0 heterocycles. The van der Waals surface area contributed by atoms with Gasteiger partial charge in [-0.25, -0.2) is 9.59 Å². The van der Waals surface area contributed by atoms with E-state index in [4.69, 9.17) is 19.8 Å². The van der Waals surface area contributed by atoms with Crippen molar-refractivity contribution in [2.75, 3.05) is 24.4 Å². The van der Waals surface area contributed by atoms with Crippen LogP contribution in [0.5, 0.6) is 5.75 Å². The molecule has 9 nitrogen and oxygen atoms in total. The topological polar surface area (TPSA) is 133 Å². The first kappa shape index (κ1) is 23.5. The molecule has 0 aliphatic rings. The number of aliphatic hydroxyl groups is 1. The third-order valence-electron chi connectivity index (χ3n) is 4.49. The minimum absolute atomic E-state index is 0.238. The maximum absolute atomic E-state index is 12.3. The third kappa shape index (κ3) is 6.90. The molecule has 0 radical (unpaired) electrons. The predicted octanol–water partition coefficient (Wildman–Crippen LogP) is 3.77. The van der Waals surface area contributed by atoms with E-state index in [1.54, 1.807) is 43.3 Å². The van der Waals surface area contributed by atoms with Gasteiger partial charge in [0.2, 0.25) is 0 Å². The lowest BCUT2D eigenvalue weighted by Gasteiger charge is -2.18. The lowest BCUT2D eigenvalue weighted by molar-refractivity contribution is 0.0539. The number of urea groups is 1. The molecular formula is C22H26N4O5. The van der Waals surface area contributed by atoms with Gasteiger partial charge in [0.25, 0.3) is 0 Å². The molecule has 164 valence electrons. The second-order valence-electron chi connectivity index (χ2n) is 6.72. The number of nitrogens with one attached hydrogen (secondary N) is 3. The van der Waals surface area contributed by atoms with Crippen molar-refractivity contribution in [1.82, 2.24) is 5.32 Å². The molecule has 2 rings (SSSR count). The van der Waals surface area contributed by atoms with Crippen LogP contribution in [0.4, 0.5) is 21.0 Å². The minimum Gasteiger partial charge on any atom is -0.495 e. The Morgan fingerprint density at radius 2 is 1.87 bits per heavy atom. The van der Waals surface area contributed by atoms with Crippen LogP contribution in [0, 0.1) is 11.3 Å². The Bertz CT molecular complexity index is 953. The first-order valence-corrected chi connectivity index (χ1v) is 9.74. The lowest BCUT2D eigenvalue weighted by Crippen LogP contribution is -2.32. The van der Waals surface area contributed by atoms with Crippen LogP contribution in [-0.2, 0) is 4.74 Å². The summed E-state index contributed by atoms with van der Waals surface area (Å²) in [5.74, 6) is 0.362. The fraction of sp³-hybridized carbons (Fsp3) is 0.318. The van der Waals surface area contributed by atoms with Crippen LogP contribution in [0.2, 0.25) is 0 Å². The summed E-state index contributed by atoms with van der Waals surface area (Å²) in [6.45, 7) is 3.35. The number of carbonyl (C=O) groups is 2. The van der Waals surface area contributed by atoms with Gasteiger partial charge in [0.15, 0.2) is 0 Å². The first-order valence-electron chi connectivity index (χ1n) is 9.74. The first-order chi connectivity index (χ1) is 14.9. The number of hydrogen-bond donors (Lipinski definition) is 4. The zero-order valence-corrected chi connectivity index (χ0v) is 17.6. The van der Waals surface area contributed by atoms with Crippen LogP contribution >= 0.6 is 0 Å². The van der Waals surface area contributed by atoms with Gasteiger partial charge in [0, 0.05) is 17.4 Å². The standard InChI is InChI=1S/C22H26N4O5/c1-4-19(13-27)31-22(29)24-14(2)15-6-5-7-17(10-15)25-21(28)26-18-9-8-16(12-23)20(11-18)30-3/h5-11,14,19,27H,4,13H2,1-3H3,(H,24,29)(H2,25,26,28)/t14-,19+/m1/s1. The lowest BCUT2D eigenvalue weighted by atomic mass is 10.1. The molecule has 2 aromatic rings. The fourth-order valence-corrected chi connectivity index (χ4v) is 2.74. The highest BCUT2D eigenvalue weighted by molar-refractivity contribution is 6.00. The second kappa shape index (κ2) is 11.4. The average Bonchev–Trinajstić information content (AvgIpc) is 2.77. The van der Waals surface area contributed by atoms with Crippen LogP contribution in [0.25, 0.3) is 0 Å². The van der Waals surface area contributed by atoms with E-state index in [2.05, 4.69) is 16.0 Å². The quantitative estimate of drug-likeness (QED) is 0.508. The number of nitrogens with zero attached hydrogens (tertiary/aromatic N) is 1. The Kier molecular flexibility index (Phi) is 8.66. The maximum Gasteiger partial charge on any atom is 0.407 e. The molecule has 0 spiro atoms. The number of benzene rings is 2. The van der Waals surface area contributed by atoms with Gasteiger partial charge < -0.3 is 30.5 Å². The molecule has 0 aromatic heterocycles. The third-order valence-corrected chi connectivity index (χ3v) is 4.49. The number of aliphatic hydroxyl groups excluding tert-OH is 1. The van der Waals surface area contributed by atoms with Gasteiger partial charge in [0.05, 0.1) is 25.3 Å². The summed E-state index contributed by atoms with van der Waals surface area (Å²) in [7, 11) is 1.45. The Morgan fingerprint density at radius 3 is 2.48 bits per heavy atom. The second-order valence-corrected chi connectivity index (χ2v) is 6.72. The monoisotopic (exact) mass is 426 g/mol. The number of anilines is 2. The van der Waals surface area contributed by atoms with Gasteiger partial charge >= 0.3 is 12.1 Å². The maximum atomic E-state index is 12.3. The van der Waals surface area contributed by atoms with Crippen molar-refractivity contribution in [2.24, 2.45) is 0 Å². The van der Waals surface area contributed by atoms with E-state index in [-0.39, 0.29) is 12.6 Å². The molecule has 0 aliphatic carbocycles. The molecule has 9 heteroatoms. The van der Waals surface area contributed by atoms with Crippen LogP contribution < -0.4 is 20.7 Å². The molecule has 4 N–H and O–H groups in total. The minimum atomic E-state index is -0.626. The highest BCUT2D eigenvalue weighted by Crippen LogP contribution is 2.23. The van der Waals surface area contributed by atoms with Crippen molar-refractivity contribution in [1.29, 1.82) is 5.26 Å². The van der Waals surface area contributed by atoms with Gasteiger partial charge in [-0.3, -0.25) is 0 Å². The summed E-state index contributed by atoms with van der Waals surface area (Å²) >= 11 is 0. The summed E-state index contributed by atoms with van der Waals surface area (Å²) < 4.78 is 10.3. The number of alkyl carbamates (subject to hydrolysis) is 1. The van der Waals surface area contributed by atoms with Gasteiger partial charge in [-0.2, -0.15) is 5.26 Å². The zero-order chi connectivity index (χ0) is 22.8. The van der Waals surface area contributed by atoms with Gasteiger partial charge in [0.1, 0.15) is 17.9 Å². The van der Waals surface area contributed by atoms with Crippen molar-refractivity contribution in [3.8, 4) is 11.8 Å². The van der Waals surface area contributed by atoms with Gasteiger partial charge in [-0.1, -0.05) is 19.1 Å². The van der Waals surface area contributed by atoms with Crippen molar-refractivity contribution in [2.45, 2.75) is 32.4 Å². The molecule has 0 aliphatic heterocycles. The molecule has 0 bridgehead atoms. The van der Waals surface area contributed by atoms with E-state index in [1.807, 2.05) is 19.1 Å². The van der Waals surface area contributed by atoms with E-state index >= 15 is 0 Å². The molecule has 31 heavy (non-hydrogen) atoms. The molecule has 0 saturated carbocycles. The van der Waals surface area contributed by atoms with Crippen molar-refractivity contribution >= 4 is 23.5 Å². The Morgan fingerprint density at radius 1 is 1.16 bits per heavy atom. The number of carbonyl (C=O) groups excluding carboxylic acids is 2. The van der Waals surface area contributed by atoms with Crippen LogP contribution in [-0.4, -0.2) is 37.1 Å². The summed E-state index contributed by atoms with van der Waals surface area (Å²) in [5, 5.41) is 26.3. The van der Waals surface area contributed by atoms with Crippen molar-refractivity contribution < 1.29 is 24.2 Å².